The molecule has 2 aromatic carbocycles. The zero-order valence-electron chi connectivity index (χ0n) is 11.0. The van der Waals surface area contributed by atoms with Crippen LogP contribution in [0, 0.1) is 0 Å². The number of benzene rings is 2. The van der Waals surface area contributed by atoms with Gasteiger partial charge in [-0.05, 0) is 24.3 Å². The molecule has 0 N–H and O–H groups in total. The van der Waals surface area contributed by atoms with Crippen LogP contribution < -0.4 is 5.56 Å². The van der Waals surface area contributed by atoms with Crippen molar-refractivity contribution in [3.05, 3.63) is 75.7 Å². The third kappa shape index (κ3) is 2.58. The number of halogens is 1. The number of para-hydroxylation sites is 2. The van der Waals surface area contributed by atoms with Gasteiger partial charge in [0.25, 0.3) is 5.56 Å². The van der Waals surface area contributed by atoms with E-state index in [1.54, 1.807) is 42.5 Å². The van der Waals surface area contributed by atoms with Gasteiger partial charge in [-0.2, -0.15) is 0 Å². The van der Waals surface area contributed by atoms with Crippen LogP contribution in [-0.4, -0.2) is 15.3 Å². The maximum absolute atomic E-state index is 12.4. The van der Waals surface area contributed by atoms with E-state index in [-0.39, 0.29) is 17.9 Å². The second-order valence-electron chi connectivity index (χ2n) is 4.57. The number of carbonyl (C=O) groups is 1. The molecular weight excluding hydrogens is 288 g/mol. The molecule has 1 heterocycles. The van der Waals surface area contributed by atoms with E-state index in [0.29, 0.717) is 21.6 Å². The van der Waals surface area contributed by atoms with Crippen LogP contribution in [0.4, 0.5) is 0 Å². The maximum Gasteiger partial charge on any atom is 0.269 e. The summed E-state index contributed by atoms with van der Waals surface area (Å²) in [6.45, 7) is -0.0639. The molecule has 0 unspecified atom stereocenters. The lowest BCUT2D eigenvalue weighted by molar-refractivity contribution is 0.0972. The normalized spacial score (nSPS) is 10.7. The molecular formula is C16H11ClN2O2. The first-order valence-corrected chi connectivity index (χ1v) is 6.77. The number of hydrogen-bond donors (Lipinski definition) is 0. The summed E-state index contributed by atoms with van der Waals surface area (Å²) >= 11 is 6.02. The summed E-state index contributed by atoms with van der Waals surface area (Å²) in [4.78, 5) is 28.4. The lowest BCUT2D eigenvalue weighted by atomic mass is 10.1. The fourth-order valence-corrected chi connectivity index (χ4v) is 2.44. The van der Waals surface area contributed by atoms with Gasteiger partial charge in [0.1, 0.15) is 0 Å². The van der Waals surface area contributed by atoms with Crippen molar-refractivity contribution in [3.8, 4) is 0 Å². The fourth-order valence-electron chi connectivity index (χ4n) is 2.19. The predicted octanol–water partition coefficient (Wildman–Crippen LogP) is 2.93. The van der Waals surface area contributed by atoms with Crippen molar-refractivity contribution in [2.24, 2.45) is 0 Å². The first kappa shape index (κ1) is 13.5. The molecule has 0 radical (unpaired) electrons. The van der Waals surface area contributed by atoms with Gasteiger partial charge in [-0.1, -0.05) is 35.9 Å². The molecule has 5 heteroatoms. The zero-order chi connectivity index (χ0) is 14.8. The van der Waals surface area contributed by atoms with E-state index in [2.05, 4.69) is 4.98 Å². The van der Waals surface area contributed by atoms with Gasteiger partial charge in [-0.25, -0.2) is 4.98 Å². The summed E-state index contributed by atoms with van der Waals surface area (Å²) in [7, 11) is 0. The number of hydrogen-bond acceptors (Lipinski definition) is 3. The summed E-state index contributed by atoms with van der Waals surface area (Å²) in [6.07, 6.45) is 1.22. The Morgan fingerprint density at radius 3 is 2.62 bits per heavy atom. The van der Waals surface area contributed by atoms with Gasteiger partial charge >= 0.3 is 0 Å². The van der Waals surface area contributed by atoms with Gasteiger partial charge in [0.2, 0.25) is 0 Å². The van der Waals surface area contributed by atoms with Gasteiger partial charge in [0, 0.05) is 5.56 Å². The Balaban J connectivity index is 2.06. The van der Waals surface area contributed by atoms with Crippen LogP contribution in [0.25, 0.3) is 11.0 Å². The first-order valence-electron chi connectivity index (χ1n) is 6.39. The summed E-state index contributed by atoms with van der Waals surface area (Å²) < 4.78 is 1.41. The SMILES string of the molecule is O=C(Cn1c(=O)cnc2ccccc21)c1ccccc1Cl. The molecule has 0 saturated heterocycles. The highest BCUT2D eigenvalue weighted by Gasteiger charge is 2.13. The summed E-state index contributed by atoms with van der Waals surface area (Å²) in [5.41, 5.74) is 1.40. The van der Waals surface area contributed by atoms with Crippen LogP contribution in [0.2, 0.25) is 5.02 Å². The largest absolute Gasteiger partial charge is 0.298 e. The quantitative estimate of drug-likeness (QED) is 0.699. The van der Waals surface area contributed by atoms with Gasteiger partial charge in [-0.15, -0.1) is 0 Å². The molecule has 1 aromatic heterocycles. The highest BCUT2D eigenvalue weighted by atomic mass is 35.5. The second-order valence-corrected chi connectivity index (χ2v) is 4.98. The number of Topliss-reactive ketones (excluding diaryl/α,β-unsaturated/α-hetero) is 1. The van der Waals surface area contributed by atoms with E-state index in [0.717, 1.165) is 0 Å². The zero-order valence-corrected chi connectivity index (χ0v) is 11.7. The van der Waals surface area contributed by atoms with Gasteiger partial charge < -0.3 is 0 Å². The first-order chi connectivity index (χ1) is 10.2. The van der Waals surface area contributed by atoms with Crippen LogP contribution in [0.1, 0.15) is 10.4 Å². The molecule has 0 aliphatic rings. The molecule has 0 atom stereocenters. The Labute approximate surface area is 125 Å². The third-order valence-corrected chi connectivity index (χ3v) is 3.56. The number of rotatable bonds is 3. The van der Waals surface area contributed by atoms with Crippen LogP contribution in [-0.2, 0) is 6.54 Å². The average molecular weight is 299 g/mol. The van der Waals surface area contributed by atoms with E-state index < -0.39 is 0 Å². The molecule has 3 rings (SSSR count). The lowest BCUT2D eigenvalue weighted by Gasteiger charge is -2.09. The maximum atomic E-state index is 12.4. The van der Waals surface area contributed by atoms with Gasteiger partial charge in [-0.3, -0.25) is 14.2 Å². The van der Waals surface area contributed by atoms with E-state index in [9.17, 15) is 9.59 Å². The fraction of sp³-hybridized carbons (Fsp3) is 0.0625. The van der Waals surface area contributed by atoms with Crippen molar-refractivity contribution in [2.75, 3.05) is 0 Å². The van der Waals surface area contributed by atoms with Crippen molar-refractivity contribution in [3.63, 3.8) is 0 Å². The van der Waals surface area contributed by atoms with E-state index in [4.69, 9.17) is 11.6 Å². The van der Waals surface area contributed by atoms with Gasteiger partial charge in [0.15, 0.2) is 5.78 Å². The third-order valence-electron chi connectivity index (χ3n) is 3.23. The molecule has 0 aliphatic carbocycles. The molecule has 0 spiro atoms. The number of carbonyl (C=O) groups excluding carboxylic acids is 1. The predicted molar refractivity (Wildman–Crippen MR) is 81.8 cm³/mol. The van der Waals surface area contributed by atoms with E-state index >= 15 is 0 Å². The van der Waals surface area contributed by atoms with Crippen LogP contribution in [0.5, 0.6) is 0 Å². The molecule has 3 aromatic rings. The highest BCUT2D eigenvalue weighted by molar-refractivity contribution is 6.33. The van der Waals surface area contributed by atoms with Gasteiger partial charge in [0.05, 0.1) is 28.8 Å². The minimum atomic E-state index is -0.311. The average Bonchev–Trinajstić information content (AvgIpc) is 2.50. The molecule has 104 valence electrons. The lowest BCUT2D eigenvalue weighted by Crippen LogP contribution is -2.24. The number of aromatic nitrogens is 2. The van der Waals surface area contributed by atoms with Crippen molar-refractivity contribution >= 4 is 28.4 Å². The smallest absolute Gasteiger partial charge is 0.269 e. The molecule has 21 heavy (non-hydrogen) atoms. The molecule has 0 saturated carbocycles. The minimum Gasteiger partial charge on any atom is -0.298 e. The van der Waals surface area contributed by atoms with E-state index in [1.165, 1.54) is 10.8 Å². The molecule has 0 fully saturated rings. The molecule has 4 nitrogen and oxygen atoms in total. The second kappa shape index (κ2) is 5.50. The van der Waals surface area contributed by atoms with Crippen LogP contribution in [0.3, 0.4) is 0 Å². The highest BCUT2D eigenvalue weighted by Crippen LogP contribution is 2.17. The van der Waals surface area contributed by atoms with Crippen LogP contribution in [0.15, 0.2) is 59.5 Å². The number of fused-ring (bicyclic) bond motifs is 1. The van der Waals surface area contributed by atoms with Crippen molar-refractivity contribution in [1.82, 2.24) is 9.55 Å². The summed E-state index contributed by atoms with van der Waals surface area (Å²) in [6, 6.07) is 14.0. The minimum absolute atomic E-state index is 0.0639. The topological polar surface area (TPSA) is 52.0 Å². The Morgan fingerprint density at radius 1 is 1.10 bits per heavy atom. The Hall–Kier alpha value is -2.46. The van der Waals surface area contributed by atoms with E-state index in [1.807, 2.05) is 6.07 Å². The van der Waals surface area contributed by atoms with Crippen molar-refractivity contribution in [2.45, 2.75) is 6.54 Å². The molecule has 0 amide bonds. The Kier molecular flexibility index (Phi) is 3.54. The van der Waals surface area contributed by atoms with Crippen molar-refractivity contribution < 1.29 is 4.79 Å². The van der Waals surface area contributed by atoms with Crippen LogP contribution >= 0.6 is 11.6 Å². The number of nitrogens with zero attached hydrogens (tertiary/aromatic N) is 2. The Bertz CT molecular complexity index is 887. The standard InChI is InChI=1S/C16H11ClN2O2/c17-12-6-2-1-5-11(12)15(20)10-19-14-8-4-3-7-13(14)18-9-16(19)21/h1-9H,10H2. The monoisotopic (exact) mass is 298 g/mol. The summed E-state index contributed by atoms with van der Waals surface area (Å²) in [5, 5.41) is 0.383. The Morgan fingerprint density at radius 2 is 1.81 bits per heavy atom. The molecule has 0 bridgehead atoms. The number of ketones is 1. The molecule has 0 aliphatic heterocycles. The summed E-state index contributed by atoms with van der Waals surface area (Å²) in [5.74, 6) is -0.209. The van der Waals surface area contributed by atoms with Crippen molar-refractivity contribution in [1.29, 1.82) is 0 Å².